The molecule has 0 bridgehead atoms. The molecule has 2 aromatic rings. The summed E-state index contributed by atoms with van der Waals surface area (Å²) < 4.78 is 12.0. The standard InChI is InChI=1S/C35H47ClN4O4/c1-18(2)27-24(41)15-35(29(42)31-39-40-32(44-31)30-37-16-20(36)17-38-30)14-10-23-21(28(27)35)7-8-26-33(4)13-11-25(43-6)19(3)22(33)9-12-34(23,26)5/h16-19,21-23,25-26,29,42H,7-15H2,1-6H3/t19?,21?,22?,23?,25?,26?,29-,33?,34?,35?/m0/s1. The molecule has 9 unspecified atom stereocenters. The lowest BCUT2D eigenvalue weighted by molar-refractivity contribution is -0.184. The predicted molar refractivity (Wildman–Crippen MR) is 166 cm³/mol. The quantitative estimate of drug-likeness (QED) is 0.366. The van der Waals surface area contributed by atoms with E-state index in [4.69, 9.17) is 20.8 Å². The Hall–Kier alpha value is -2.16. The lowest BCUT2D eigenvalue weighted by atomic mass is 9.38. The maximum absolute atomic E-state index is 13.9. The van der Waals surface area contributed by atoms with Crippen molar-refractivity contribution in [3.05, 3.63) is 34.5 Å². The molecule has 5 aliphatic rings. The molecule has 0 radical (unpaired) electrons. The molecule has 10 atom stereocenters. The van der Waals surface area contributed by atoms with E-state index in [1.54, 1.807) is 0 Å². The average Bonchev–Trinajstić information content (AvgIpc) is 3.60. The summed E-state index contributed by atoms with van der Waals surface area (Å²) in [6.45, 7) is 11.9. The van der Waals surface area contributed by atoms with Crippen LogP contribution >= 0.6 is 11.6 Å². The fraction of sp³-hybridized carbons (Fsp3) is 0.743. The van der Waals surface area contributed by atoms with E-state index in [0.717, 1.165) is 31.3 Å². The lowest BCUT2D eigenvalue weighted by Gasteiger charge is -2.67. The molecule has 0 saturated heterocycles. The normalized spacial score (nSPS) is 40.8. The van der Waals surface area contributed by atoms with Crippen molar-refractivity contribution in [3.8, 4) is 11.7 Å². The number of hydrogen-bond acceptors (Lipinski definition) is 8. The first-order valence-electron chi connectivity index (χ1n) is 16.7. The summed E-state index contributed by atoms with van der Waals surface area (Å²) in [6.07, 6.45) is 11.4. The van der Waals surface area contributed by atoms with Gasteiger partial charge in [-0.05, 0) is 103 Å². The van der Waals surface area contributed by atoms with E-state index in [0.29, 0.717) is 46.6 Å². The van der Waals surface area contributed by atoms with Crippen LogP contribution in [0.3, 0.4) is 0 Å². The SMILES string of the molecule is COC1CCC2(C)C(CCC3(C)C4CCC5([C@@H](O)c6nnc(-c7ncc(Cl)cn7)o6)CC(=O)C(C(C)C)=C5C4CCC32)C1C. The molecular formula is C35H47ClN4O4. The molecule has 238 valence electrons. The van der Waals surface area contributed by atoms with Gasteiger partial charge in [-0.25, -0.2) is 9.97 Å². The molecule has 0 amide bonds. The highest BCUT2D eigenvalue weighted by molar-refractivity contribution is 6.30. The molecule has 0 aromatic carbocycles. The minimum absolute atomic E-state index is 0.0926. The fourth-order valence-electron chi connectivity index (χ4n) is 11.7. The largest absolute Gasteiger partial charge is 0.415 e. The molecule has 7 rings (SSSR count). The smallest absolute Gasteiger partial charge is 0.285 e. The van der Waals surface area contributed by atoms with Crippen molar-refractivity contribution in [1.29, 1.82) is 0 Å². The molecule has 0 spiro atoms. The second-order valence-corrected chi connectivity index (χ2v) is 16.0. The number of methoxy groups -OCH3 is 1. The van der Waals surface area contributed by atoms with Gasteiger partial charge >= 0.3 is 0 Å². The minimum Gasteiger partial charge on any atom is -0.415 e. The van der Waals surface area contributed by atoms with Gasteiger partial charge in [0.2, 0.25) is 11.7 Å². The van der Waals surface area contributed by atoms with Gasteiger partial charge in [0.05, 0.1) is 11.1 Å². The van der Waals surface area contributed by atoms with Crippen LogP contribution in [0.4, 0.5) is 0 Å². The fourth-order valence-corrected chi connectivity index (χ4v) is 11.8. The summed E-state index contributed by atoms with van der Waals surface area (Å²) in [7, 11) is 1.88. The van der Waals surface area contributed by atoms with Gasteiger partial charge in [0, 0.05) is 31.3 Å². The molecule has 8 nitrogen and oxygen atoms in total. The molecule has 5 aliphatic carbocycles. The highest BCUT2D eigenvalue weighted by atomic mass is 35.5. The Morgan fingerprint density at radius 1 is 1.00 bits per heavy atom. The van der Waals surface area contributed by atoms with Gasteiger partial charge in [0.15, 0.2) is 5.78 Å². The topological polar surface area (TPSA) is 111 Å². The van der Waals surface area contributed by atoms with Gasteiger partial charge < -0.3 is 14.3 Å². The van der Waals surface area contributed by atoms with Crippen LogP contribution in [-0.2, 0) is 9.53 Å². The number of allylic oxidation sites excluding steroid dienone is 1. The van der Waals surface area contributed by atoms with E-state index in [-0.39, 0.29) is 40.6 Å². The van der Waals surface area contributed by atoms with Gasteiger partial charge in [-0.3, -0.25) is 4.79 Å². The van der Waals surface area contributed by atoms with Gasteiger partial charge in [-0.15, -0.1) is 10.2 Å². The van der Waals surface area contributed by atoms with E-state index in [1.807, 2.05) is 7.11 Å². The number of aliphatic hydroxyl groups is 1. The molecule has 4 saturated carbocycles. The number of ketones is 1. The summed E-state index contributed by atoms with van der Waals surface area (Å²) in [5, 5.41) is 21.0. The molecule has 0 aliphatic heterocycles. The zero-order chi connectivity index (χ0) is 31.2. The third-order valence-electron chi connectivity index (χ3n) is 13.5. The van der Waals surface area contributed by atoms with Crippen molar-refractivity contribution < 1.29 is 19.1 Å². The number of aliphatic hydroxyl groups excluding tert-OH is 1. The zero-order valence-corrected chi connectivity index (χ0v) is 27.7. The third kappa shape index (κ3) is 4.26. The first-order valence-corrected chi connectivity index (χ1v) is 17.1. The molecule has 2 aromatic heterocycles. The first-order chi connectivity index (χ1) is 20.9. The second-order valence-electron chi connectivity index (χ2n) is 15.5. The summed E-state index contributed by atoms with van der Waals surface area (Å²) in [5.74, 6) is 3.48. The summed E-state index contributed by atoms with van der Waals surface area (Å²) in [6, 6.07) is 0. The van der Waals surface area contributed by atoms with Crippen molar-refractivity contribution in [2.24, 2.45) is 51.8 Å². The van der Waals surface area contributed by atoms with Crippen molar-refractivity contribution >= 4 is 17.4 Å². The number of halogens is 1. The molecule has 2 heterocycles. The highest BCUT2D eigenvalue weighted by Gasteiger charge is 2.66. The summed E-state index contributed by atoms with van der Waals surface area (Å²) in [5.41, 5.74) is 1.93. The van der Waals surface area contributed by atoms with Gasteiger partial charge in [-0.2, -0.15) is 0 Å². The Morgan fingerprint density at radius 3 is 2.39 bits per heavy atom. The zero-order valence-electron chi connectivity index (χ0n) is 27.0. The first kappa shape index (κ1) is 30.5. The Bertz CT molecular complexity index is 1470. The monoisotopic (exact) mass is 622 g/mol. The molecular weight excluding hydrogens is 576 g/mol. The molecule has 1 N–H and O–H groups in total. The van der Waals surface area contributed by atoms with E-state index < -0.39 is 11.5 Å². The number of carbonyl (C=O) groups excluding carboxylic acids is 1. The molecule has 9 heteroatoms. The highest BCUT2D eigenvalue weighted by Crippen LogP contribution is 2.72. The summed E-state index contributed by atoms with van der Waals surface area (Å²) in [4.78, 5) is 22.3. The molecule has 44 heavy (non-hydrogen) atoms. The van der Waals surface area contributed by atoms with Crippen LogP contribution in [0, 0.1) is 51.8 Å². The van der Waals surface area contributed by atoms with Gasteiger partial charge in [-0.1, -0.05) is 51.8 Å². The van der Waals surface area contributed by atoms with Crippen LogP contribution in [0.25, 0.3) is 11.7 Å². The maximum Gasteiger partial charge on any atom is 0.285 e. The van der Waals surface area contributed by atoms with Crippen LogP contribution in [0.15, 0.2) is 28.0 Å². The Kier molecular flexibility index (Phi) is 7.41. The number of fused-ring (bicyclic) bond motifs is 7. The Morgan fingerprint density at radius 2 is 1.68 bits per heavy atom. The van der Waals surface area contributed by atoms with Gasteiger partial charge in [0.1, 0.15) is 6.10 Å². The third-order valence-corrected chi connectivity index (χ3v) is 13.7. The number of nitrogens with zero attached hydrogens (tertiary/aromatic N) is 4. The molecule has 4 fully saturated rings. The number of hydrogen-bond donors (Lipinski definition) is 1. The lowest BCUT2D eigenvalue weighted by Crippen LogP contribution is -2.60. The van der Waals surface area contributed by atoms with E-state index in [9.17, 15) is 9.90 Å². The predicted octanol–water partition coefficient (Wildman–Crippen LogP) is 7.43. The van der Waals surface area contributed by atoms with E-state index in [1.165, 1.54) is 43.7 Å². The van der Waals surface area contributed by atoms with Crippen LogP contribution < -0.4 is 0 Å². The number of carbonyl (C=O) groups is 1. The Balaban J connectivity index is 1.24. The minimum atomic E-state index is -1.07. The van der Waals surface area contributed by atoms with Crippen LogP contribution in [-0.4, -0.2) is 44.3 Å². The van der Waals surface area contributed by atoms with Crippen molar-refractivity contribution in [3.63, 3.8) is 0 Å². The maximum atomic E-state index is 13.9. The number of rotatable bonds is 5. The number of aromatic nitrogens is 4. The van der Waals surface area contributed by atoms with Crippen molar-refractivity contribution in [2.45, 2.75) is 105 Å². The van der Waals surface area contributed by atoms with Crippen molar-refractivity contribution in [2.75, 3.05) is 7.11 Å². The van der Waals surface area contributed by atoms with Gasteiger partial charge in [0.25, 0.3) is 5.89 Å². The Labute approximate surface area is 265 Å². The number of ether oxygens (including phenoxy) is 1. The van der Waals surface area contributed by atoms with Crippen LogP contribution in [0.1, 0.15) is 104 Å². The van der Waals surface area contributed by atoms with Crippen LogP contribution in [0.2, 0.25) is 5.02 Å². The van der Waals surface area contributed by atoms with E-state index >= 15 is 0 Å². The second kappa shape index (κ2) is 10.7. The number of Topliss-reactive ketones (excluding diaryl/α,β-unsaturated/α-hetero) is 1. The summed E-state index contributed by atoms with van der Waals surface area (Å²) >= 11 is 5.96. The van der Waals surface area contributed by atoms with Crippen molar-refractivity contribution in [1.82, 2.24) is 20.2 Å². The van der Waals surface area contributed by atoms with E-state index in [2.05, 4.69) is 54.8 Å². The van der Waals surface area contributed by atoms with Crippen LogP contribution in [0.5, 0.6) is 0 Å². The average molecular weight is 623 g/mol.